The molecular weight excluding hydrogens is 328 g/mol. The highest BCUT2D eigenvalue weighted by Crippen LogP contribution is 2.31. The monoisotopic (exact) mass is 346 g/mol. The molecule has 1 unspecified atom stereocenters. The van der Waals surface area contributed by atoms with Crippen LogP contribution in [-0.4, -0.2) is 15.0 Å². The van der Waals surface area contributed by atoms with Crippen molar-refractivity contribution in [2.75, 3.05) is 5.32 Å². The maximum atomic E-state index is 4.56. The highest BCUT2D eigenvalue weighted by molar-refractivity contribution is 7.18. The summed E-state index contributed by atoms with van der Waals surface area (Å²) >= 11 is 1.68. The van der Waals surface area contributed by atoms with E-state index in [1.807, 2.05) is 24.4 Å². The van der Waals surface area contributed by atoms with Gasteiger partial charge in [0, 0.05) is 11.1 Å². The molecule has 5 heteroatoms. The molecule has 0 fully saturated rings. The standard InChI is InChI=1S/C20H18N4S/c1-13-6-5-7-15(10-13)18(17-8-3-4-9-21-17)24-19-16-11-14(2)25-20(16)23-12-22-19/h3-12,18H,1-2H3,(H,22,23,24). The molecule has 1 N–H and O–H groups in total. The van der Waals surface area contributed by atoms with Gasteiger partial charge in [-0.2, -0.15) is 0 Å². The highest BCUT2D eigenvalue weighted by atomic mass is 32.1. The van der Waals surface area contributed by atoms with Crippen LogP contribution in [0.15, 0.2) is 61.1 Å². The van der Waals surface area contributed by atoms with Crippen LogP contribution in [0.25, 0.3) is 10.2 Å². The predicted octanol–water partition coefficient (Wildman–Crippen LogP) is 4.90. The Labute approximate surface area is 150 Å². The molecule has 0 spiro atoms. The van der Waals surface area contributed by atoms with Gasteiger partial charge in [-0.1, -0.05) is 35.9 Å². The van der Waals surface area contributed by atoms with Crippen LogP contribution in [-0.2, 0) is 0 Å². The van der Waals surface area contributed by atoms with Gasteiger partial charge in [-0.25, -0.2) is 9.97 Å². The van der Waals surface area contributed by atoms with E-state index >= 15 is 0 Å². The molecular formula is C20H18N4S. The second-order valence-electron chi connectivity index (χ2n) is 6.04. The predicted molar refractivity (Wildman–Crippen MR) is 103 cm³/mol. The van der Waals surface area contributed by atoms with Crippen LogP contribution in [0.1, 0.15) is 27.7 Å². The van der Waals surface area contributed by atoms with E-state index in [1.54, 1.807) is 17.7 Å². The Morgan fingerprint density at radius 2 is 1.88 bits per heavy atom. The van der Waals surface area contributed by atoms with Gasteiger partial charge in [0.2, 0.25) is 0 Å². The first kappa shape index (κ1) is 15.7. The molecule has 4 nitrogen and oxygen atoms in total. The van der Waals surface area contributed by atoms with Crippen LogP contribution < -0.4 is 5.32 Å². The van der Waals surface area contributed by atoms with Crippen molar-refractivity contribution in [3.63, 3.8) is 0 Å². The van der Waals surface area contributed by atoms with E-state index in [0.29, 0.717) is 0 Å². The third-order valence-corrected chi connectivity index (χ3v) is 5.05. The Morgan fingerprint density at radius 1 is 0.960 bits per heavy atom. The summed E-state index contributed by atoms with van der Waals surface area (Å²) in [6, 6.07) is 16.5. The van der Waals surface area contributed by atoms with Crippen molar-refractivity contribution in [2.24, 2.45) is 0 Å². The van der Waals surface area contributed by atoms with E-state index in [0.717, 1.165) is 27.3 Å². The average Bonchev–Trinajstić information content (AvgIpc) is 3.01. The molecule has 0 radical (unpaired) electrons. The first-order valence-corrected chi connectivity index (χ1v) is 8.97. The molecule has 0 saturated heterocycles. The summed E-state index contributed by atoms with van der Waals surface area (Å²) in [7, 11) is 0. The van der Waals surface area contributed by atoms with E-state index in [2.05, 4.69) is 64.4 Å². The van der Waals surface area contributed by atoms with Gasteiger partial charge in [0.1, 0.15) is 17.0 Å². The van der Waals surface area contributed by atoms with Gasteiger partial charge in [0.15, 0.2) is 0 Å². The molecule has 0 aliphatic heterocycles. The Balaban J connectivity index is 1.81. The van der Waals surface area contributed by atoms with Crippen LogP contribution in [0.3, 0.4) is 0 Å². The van der Waals surface area contributed by atoms with Crippen molar-refractivity contribution in [3.05, 3.63) is 82.8 Å². The summed E-state index contributed by atoms with van der Waals surface area (Å²) in [6.45, 7) is 4.19. The zero-order chi connectivity index (χ0) is 17.2. The number of nitrogens with zero attached hydrogens (tertiary/aromatic N) is 3. The summed E-state index contributed by atoms with van der Waals surface area (Å²) < 4.78 is 0. The van der Waals surface area contributed by atoms with E-state index in [4.69, 9.17) is 0 Å². The molecule has 3 heterocycles. The lowest BCUT2D eigenvalue weighted by molar-refractivity contribution is 0.878. The van der Waals surface area contributed by atoms with Crippen LogP contribution in [0.4, 0.5) is 5.82 Å². The van der Waals surface area contributed by atoms with Gasteiger partial charge in [0.25, 0.3) is 0 Å². The summed E-state index contributed by atoms with van der Waals surface area (Å²) in [5, 5.41) is 4.64. The van der Waals surface area contributed by atoms with Gasteiger partial charge >= 0.3 is 0 Å². The van der Waals surface area contributed by atoms with E-state index < -0.39 is 0 Å². The number of benzene rings is 1. The first-order chi connectivity index (χ1) is 12.2. The third-order valence-electron chi connectivity index (χ3n) is 4.09. The van der Waals surface area contributed by atoms with Crippen molar-refractivity contribution in [1.29, 1.82) is 0 Å². The molecule has 0 aliphatic rings. The molecule has 124 valence electrons. The molecule has 25 heavy (non-hydrogen) atoms. The Bertz CT molecular complexity index is 1010. The molecule has 0 bridgehead atoms. The van der Waals surface area contributed by atoms with Gasteiger partial charge in [-0.3, -0.25) is 4.98 Å². The van der Waals surface area contributed by atoms with Crippen molar-refractivity contribution in [2.45, 2.75) is 19.9 Å². The normalized spacial score (nSPS) is 12.2. The maximum Gasteiger partial charge on any atom is 0.138 e. The smallest absolute Gasteiger partial charge is 0.138 e. The first-order valence-electron chi connectivity index (χ1n) is 8.16. The second-order valence-corrected chi connectivity index (χ2v) is 7.28. The second kappa shape index (κ2) is 6.61. The number of fused-ring (bicyclic) bond motifs is 1. The summed E-state index contributed by atoms with van der Waals surface area (Å²) in [5.74, 6) is 0.839. The van der Waals surface area contributed by atoms with Crippen molar-refractivity contribution < 1.29 is 0 Å². The number of anilines is 1. The lowest BCUT2D eigenvalue weighted by atomic mass is 10.0. The number of nitrogens with one attached hydrogen (secondary N) is 1. The Kier molecular flexibility index (Phi) is 4.15. The van der Waals surface area contributed by atoms with Crippen molar-refractivity contribution in [3.8, 4) is 0 Å². The summed E-state index contributed by atoms with van der Waals surface area (Å²) in [5.41, 5.74) is 3.35. The SMILES string of the molecule is Cc1cccc(C(Nc2ncnc3sc(C)cc23)c2ccccn2)c1. The van der Waals surface area contributed by atoms with E-state index in [-0.39, 0.29) is 6.04 Å². The van der Waals surface area contributed by atoms with Crippen LogP contribution in [0.2, 0.25) is 0 Å². The summed E-state index contributed by atoms with van der Waals surface area (Å²) in [4.78, 5) is 15.7. The number of pyridine rings is 1. The van der Waals surface area contributed by atoms with Crippen molar-refractivity contribution in [1.82, 2.24) is 15.0 Å². The zero-order valence-corrected chi connectivity index (χ0v) is 14.9. The number of hydrogen-bond acceptors (Lipinski definition) is 5. The van der Waals surface area contributed by atoms with E-state index in [1.165, 1.54) is 10.4 Å². The van der Waals surface area contributed by atoms with Gasteiger partial charge in [-0.05, 0) is 37.6 Å². The molecule has 1 atom stereocenters. The zero-order valence-electron chi connectivity index (χ0n) is 14.1. The summed E-state index contributed by atoms with van der Waals surface area (Å²) in [6.07, 6.45) is 3.44. The molecule has 0 saturated carbocycles. The minimum absolute atomic E-state index is 0.0700. The maximum absolute atomic E-state index is 4.56. The quantitative estimate of drug-likeness (QED) is 0.571. The Hall–Kier alpha value is -2.79. The van der Waals surface area contributed by atoms with Crippen LogP contribution in [0.5, 0.6) is 0 Å². The fourth-order valence-electron chi connectivity index (χ4n) is 2.95. The number of rotatable bonds is 4. The van der Waals surface area contributed by atoms with Gasteiger partial charge in [-0.15, -0.1) is 11.3 Å². The molecule has 4 rings (SSSR count). The molecule has 3 aromatic heterocycles. The fourth-order valence-corrected chi connectivity index (χ4v) is 3.80. The average molecular weight is 346 g/mol. The van der Waals surface area contributed by atoms with E-state index in [9.17, 15) is 0 Å². The number of aromatic nitrogens is 3. The number of aryl methyl sites for hydroxylation is 2. The number of hydrogen-bond donors (Lipinski definition) is 1. The highest BCUT2D eigenvalue weighted by Gasteiger charge is 2.18. The lowest BCUT2D eigenvalue weighted by Gasteiger charge is -2.20. The van der Waals surface area contributed by atoms with Gasteiger partial charge < -0.3 is 5.32 Å². The largest absolute Gasteiger partial charge is 0.357 e. The van der Waals surface area contributed by atoms with Crippen LogP contribution in [0, 0.1) is 13.8 Å². The minimum Gasteiger partial charge on any atom is -0.357 e. The number of thiophene rings is 1. The minimum atomic E-state index is -0.0700. The topological polar surface area (TPSA) is 50.7 Å². The molecule has 0 aliphatic carbocycles. The molecule has 1 aromatic carbocycles. The molecule has 4 aromatic rings. The lowest BCUT2D eigenvalue weighted by Crippen LogP contribution is -2.15. The van der Waals surface area contributed by atoms with Gasteiger partial charge in [0.05, 0.1) is 17.1 Å². The fraction of sp³-hybridized carbons (Fsp3) is 0.150. The molecule has 0 amide bonds. The van der Waals surface area contributed by atoms with Crippen LogP contribution >= 0.6 is 11.3 Å². The van der Waals surface area contributed by atoms with Crippen molar-refractivity contribution >= 4 is 27.4 Å². The third kappa shape index (κ3) is 3.23. The Morgan fingerprint density at radius 3 is 2.68 bits per heavy atom.